The third-order valence-corrected chi connectivity index (χ3v) is 4.55. The number of pyridine rings is 1. The van der Waals surface area contributed by atoms with Crippen LogP contribution in [0.15, 0.2) is 21.5 Å². The van der Waals surface area contributed by atoms with Gasteiger partial charge in [-0.3, -0.25) is 9.59 Å². The molecule has 1 aromatic heterocycles. The summed E-state index contributed by atoms with van der Waals surface area (Å²) < 4.78 is 13.1. The van der Waals surface area contributed by atoms with Crippen molar-refractivity contribution in [2.45, 2.75) is 44.8 Å². The second-order valence-corrected chi connectivity index (χ2v) is 6.57. The molecule has 2 rings (SSSR count). The molecule has 128 valence electrons. The minimum atomic E-state index is -0.213. The Balaban J connectivity index is 1.80. The van der Waals surface area contributed by atoms with Gasteiger partial charge in [-0.05, 0) is 48.5 Å². The summed E-state index contributed by atoms with van der Waals surface area (Å²) in [7, 11) is 1.71. The molecule has 0 amide bonds. The zero-order valence-corrected chi connectivity index (χ0v) is 15.1. The van der Waals surface area contributed by atoms with Gasteiger partial charge in [0.1, 0.15) is 5.75 Å². The van der Waals surface area contributed by atoms with Crippen LogP contribution in [0.4, 0.5) is 0 Å². The van der Waals surface area contributed by atoms with E-state index in [0.717, 1.165) is 30.2 Å². The van der Waals surface area contributed by atoms with Gasteiger partial charge in [-0.15, -0.1) is 0 Å². The molecule has 0 atom stereocenters. The molecule has 1 saturated carbocycles. The first-order chi connectivity index (χ1) is 11.0. The zero-order valence-electron chi connectivity index (χ0n) is 13.5. The summed E-state index contributed by atoms with van der Waals surface area (Å²) in [6, 6.07) is 1.82. The van der Waals surface area contributed by atoms with Crippen molar-refractivity contribution in [3.8, 4) is 5.75 Å². The molecule has 1 aliphatic carbocycles. The second-order valence-electron chi connectivity index (χ2n) is 5.71. The molecular weight excluding hydrogens is 364 g/mol. The van der Waals surface area contributed by atoms with Crippen molar-refractivity contribution in [2.75, 3.05) is 13.2 Å². The molecule has 0 bridgehead atoms. The van der Waals surface area contributed by atoms with Crippen molar-refractivity contribution < 1.29 is 14.3 Å². The Morgan fingerprint density at radius 2 is 2.09 bits per heavy atom. The number of carbonyl (C=O) groups is 1. The Kier molecular flexibility index (Phi) is 6.65. The first kappa shape index (κ1) is 18.0. The van der Waals surface area contributed by atoms with Gasteiger partial charge in [0.15, 0.2) is 0 Å². The number of hydrogen-bond acceptors (Lipinski definition) is 5. The van der Waals surface area contributed by atoms with Gasteiger partial charge < -0.3 is 19.4 Å². The van der Waals surface area contributed by atoms with Crippen LogP contribution in [0.2, 0.25) is 0 Å². The Morgan fingerprint density at radius 3 is 2.74 bits per heavy atom. The van der Waals surface area contributed by atoms with Crippen LogP contribution in [0.3, 0.4) is 0 Å². The van der Waals surface area contributed by atoms with E-state index in [0.29, 0.717) is 18.4 Å². The SMILES string of the molecule is CCOC(=O)CN[C@H]1CC[C@H](Oc2cc(=O)n(C)cc2Br)CC1. The highest BCUT2D eigenvalue weighted by molar-refractivity contribution is 9.10. The van der Waals surface area contributed by atoms with Crippen molar-refractivity contribution in [1.82, 2.24) is 9.88 Å². The van der Waals surface area contributed by atoms with Gasteiger partial charge in [-0.2, -0.15) is 0 Å². The van der Waals surface area contributed by atoms with Gasteiger partial charge in [-0.25, -0.2) is 0 Å². The number of rotatable bonds is 6. The highest BCUT2D eigenvalue weighted by atomic mass is 79.9. The molecule has 1 aliphatic rings. The van der Waals surface area contributed by atoms with Crippen LogP contribution in [-0.4, -0.2) is 35.8 Å². The quantitative estimate of drug-likeness (QED) is 0.757. The summed E-state index contributed by atoms with van der Waals surface area (Å²) in [5.41, 5.74) is -0.0898. The Morgan fingerprint density at radius 1 is 1.39 bits per heavy atom. The summed E-state index contributed by atoms with van der Waals surface area (Å²) in [4.78, 5) is 23.0. The van der Waals surface area contributed by atoms with E-state index >= 15 is 0 Å². The van der Waals surface area contributed by atoms with Crippen molar-refractivity contribution >= 4 is 21.9 Å². The maximum absolute atomic E-state index is 11.7. The monoisotopic (exact) mass is 386 g/mol. The van der Waals surface area contributed by atoms with Crippen LogP contribution < -0.4 is 15.6 Å². The summed E-state index contributed by atoms with van der Waals surface area (Å²) in [5, 5.41) is 3.23. The number of aryl methyl sites for hydroxylation is 1. The van der Waals surface area contributed by atoms with Crippen molar-refractivity contribution in [3.63, 3.8) is 0 Å². The van der Waals surface area contributed by atoms with E-state index in [9.17, 15) is 9.59 Å². The molecule has 1 fully saturated rings. The number of aromatic nitrogens is 1. The average molecular weight is 387 g/mol. The van der Waals surface area contributed by atoms with Gasteiger partial charge in [-0.1, -0.05) is 0 Å². The van der Waals surface area contributed by atoms with Crippen LogP contribution >= 0.6 is 15.9 Å². The number of esters is 1. The molecule has 1 N–H and O–H groups in total. The van der Waals surface area contributed by atoms with E-state index in [1.807, 2.05) is 0 Å². The summed E-state index contributed by atoms with van der Waals surface area (Å²) in [6.07, 6.45) is 5.46. The lowest BCUT2D eigenvalue weighted by molar-refractivity contribution is -0.142. The smallest absolute Gasteiger partial charge is 0.319 e. The van der Waals surface area contributed by atoms with Gasteiger partial charge >= 0.3 is 5.97 Å². The molecule has 7 heteroatoms. The fraction of sp³-hybridized carbons (Fsp3) is 0.625. The molecule has 0 aromatic carbocycles. The molecule has 1 heterocycles. The number of hydrogen-bond donors (Lipinski definition) is 1. The Hall–Kier alpha value is -1.34. The van der Waals surface area contributed by atoms with Crippen LogP contribution in [0.1, 0.15) is 32.6 Å². The highest BCUT2D eigenvalue weighted by Gasteiger charge is 2.23. The molecule has 0 spiro atoms. The Labute approximate surface area is 144 Å². The van der Waals surface area contributed by atoms with Gasteiger partial charge in [0.05, 0.1) is 23.7 Å². The minimum absolute atomic E-state index is 0.0898. The van der Waals surface area contributed by atoms with Crippen LogP contribution in [0.25, 0.3) is 0 Å². The van der Waals surface area contributed by atoms with Crippen LogP contribution in [0.5, 0.6) is 5.75 Å². The largest absolute Gasteiger partial charge is 0.489 e. The summed E-state index contributed by atoms with van der Waals surface area (Å²) in [6.45, 7) is 2.46. The maximum Gasteiger partial charge on any atom is 0.319 e. The fourth-order valence-corrected chi connectivity index (χ4v) is 3.19. The van der Waals surface area contributed by atoms with E-state index in [-0.39, 0.29) is 24.2 Å². The van der Waals surface area contributed by atoms with E-state index in [2.05, 4.69) is 21.2 Å². The van der Waals surface area contributed by atoms with Crippen LogP contribution in [-0.2, 0) is 16.6 Å². The molecule has 0 saturated heterocycles. The van der Waals surface area contributed by atoms with E-state index in [4.69, 9.17) is 9.47 Å². The average Bonchev–Trinajstić information content (AvgIpc) is 2.52. The molecule has 23 heavy (non-hydrogen) atoms. The number of halogens is 1. The first-order valence-corrected chi connectivity index (χ1v) is 8.70. The second kappa shape index (κ2) is 8.49. The Bertz CT molecular complexity index is 594. The molecule has 0 radical (unpaired) electrons. The first-order valence-electron chi connectivity index (χ1n) is 7.91. The lowest BCUT2D eigenvalue weighted by atomic mass is 9.93. The van der Waals surface area contributed by atoms with E-state index in [1.165, 1.54) is 10.6 Å². The predicted molar refractivity (Wildman–Crippen MR) is 90.7 cm³/mol. The third kappa shape index (κ3) is 5.35. The molecule has 1 aromatic rings. The van der Waals surface area contributed by atoms with Gasteiger partial charge in [0, 0.05) is 25.4 Å². The van der Waals surface area contributed by atoms with Crippen molar-refractivity contribution in [3.05, 3.63) is 27.1 Å². The lowest BCUT2D eigenvalue weighted by Crippen LogP contribution is -2.39. The number of nitrogens with zero attached hydrogens (tertiary/aromatic N) is 1. The zero-order chi connectivity index (χ0) is 16.8. The minimum Gasteiger partial charge on any atom is -0.489 e. The number of ether oxygens (including phenoxy) is 2. The molecule has 6 nitrogen and oxygen atoms in total. The van der Waals surface area contributed by atoms with Crippen molar-refractivity contribution in [1.29, 1.82) is 0 Å². The van der Waals surface area contributed by atoms with E-state index in [1.54, 1.807) is 20.2 Å². The standard InChI is InChI=1S/C16H23BrN2O4/c1-3-22-16(21)9-18-11-4-6-12(7-5-11)23-14-8-15(20)19(2)10-13(14)17/h8,10-12,18H,3-7,9H2,1-2H3/t11-,12-. The van der Waals surface area contributed by atoms with Gasteiger partial charge in [0.2, 0.25) is 0 Å². The van der Waals surface area contributed by atoms with Crippen molar-refractivity contribution in [2.24, 2.45) is 7.05 Å². The number of carbonyl (C=O) groups excluding carboxylic acids is 1. The normalized spacial score (nSPS) is 21.0. The summed E-state index contributed by atoms with van der Waals surface area (Å²) in [5.74, 6) is 0.381. The fourth-order valence-electron chi connectivity index (χ4n) is 2.67. The molecule has 0 unspecified atom stereocenters. The number of nitrogens with one attached hydrogen (secondary N) is 1. The topological polar surface area (TPSA) is 69.6 Å². The summed E-state index contributed by atoms with van der Waals surface area (Å²) >= 11 is 3.43. The molecule has 0 aliphatic heterocycles. The van der Waals surface area contributed by atoms with E-state index < -0.39 is 0 Å². The van der Waals surface area contributed by atoms with Gasteiger partial charge in [0.25, 0.3) is 5.56 Å². The molecular formula is C16H23BrN2O4. The predicted octanol–water partition coefficient (Wildman–Crippen LogP) is 1.99. The highest BCUT2D eigenvalue weighted by Crippen LogP contribution is 2.28. The lowest BCUT2D eigenvalue weighted by Gasteiger charge is -2.29. The third-order valence-electron chi connectivity index (χ3n) is 3.95. The maximum atomic E-state index is 11.7. The van der Waals surface area contributed by atoms with Crippen LogP contribution in [0, 0.1) is 0 Å².